The first-order valence-electron chi connectivity index (χ1n) is 6.28. The first-order chi connectivity index (χ1) is 9.67. The molecule has 6 nitrogen and oxygen atoms in total. The van der Waals surface area contributed by atoms with Crippen molar-refractivity contribution in [3.63, 3.8) is 0 Å². The van der Waals surface area contributed by atoms with Gasteiger partial charge in [0.15, 0.2) is 16.6 Å². The van der Waals surface area contributed by atoms with Crippen molar-refractivity contribution in [2.45, 2.75) is 19.3 Å². The predicted molar refractivity (Wildman–Crippen MR) is 77.4 cm³/mol. The molecule has 2 aromatic heterocycles. The second-order valence-corrected chi connectivity index (χ2v) is 5.58. The maximum Gasteiger partial charge on any atom is 0.356 e. The number of nitrogens with two attached hydrogens (primary N) is 1. The summed E-state index contributed by atoms with van der Waals surface area (Å²) in [6.45, 7) is 0. The number of aryl methyl sites for hydroxylation is 2. The van der Waals surface area contributed by atoms with E-state index in [-0.39, 0.29) is 5.69 Å². The number of carbonyl (C=O) groups excluding carboxylic acids is 1. The van der Waals surface area contributed by atoms with Gasteiger partial charge in [-0.25, -0.2) is 14.8 Å². The summed E-state index contributed by atoms with van der Waals surface area (Å²) in [5.74, 6) is -0.0602. The number of methoxy groups -OCH3 is 1. The Labute approximate surface area is 120 Å². The highest BCUT2D eigenvalue weighted by Crippen LogP contribution is 2.32. The van der Waals surface area contributed by atoms with Crippen molar-refractivity contribution in [3.8, 4) is 0 Å². The summed E-state index contributed by atoms with van der Waals surface area (Å²) < 4.78 is 4.65. The summed E-state index contributed by atoms with van der Waals surface area (Å²) in [5.41, 5.74) is 7.70. The lowest BCUT2D eigenvalue weighted by Crippen LogP contribution is -2.07. The van der Waals surface area contributed by atoms with Gasteiger partial charge in [0.2, 0.25) is 0 Å². The average Bonchev–Trinajstić information content (AvgIpc) is 3.01. The summed E-state index contributed by atoms with van der Waals surface area (Å²) >= 11 is 1.61. The minimum atomic E-state index is -0.491. The monoisotopic (exact) mass is 290 g/mol. The fourth-order valence-electron chi connectivity index (χ4n) is 2.13. The molecule has 3 rings (SSSR count). The summed E-state index contributed by atoms with van der Waals surface area (Å²) in [6.07, 6.45) is 3.28. The van der Waals surface area contributed by atoms with Crippen LogP contribution in [0.1, 0.15) is 27.5 Å². The molecule has 20 heavy (non-hydrogen) atoms. The van der Waals surface area contributed by atoms with E-state index in [2.05, 4.69) is 20.0 Å². The molecule has 3 N–H and O–H groups in total. The molecule has 0 radical (unpaired) electrons. The molecule has 1 aliphatic rings. The maximum absolute atomic E-state index is 11.5. The van der Waals surface area contributed by atoms with Crippen LogP contribution in [-0.4, -0.2) is 23.0 Å². The second-order valence-electron chi connectivity index (χ2n) is 4.49. The van der Waals surface area contributed by atoms with Crippen LogP contribution in [0, 0.1) is 0 Å². The molecule has 0 saturated carbocycles. The highest BCUT2D eigenvalue weighted by Gasteiger charge is 2.18. The van der Waals surface area contributed by atoms with Gasteiger partial charge in [-0.1, -0.05) is 0 Å². The first kappa shape index (κ1) is 12.9. The van der Waals surface area contributed by atoms with Crippen LogP contribution in [0.2, 0.25) is 0 Å². The molecule has 0 unspecified atom stereocenters. The molecule has 0 bridgehead atoms. The first-order valence-corrected chi connectivity index (χ1v) is 7.09. The van der Waals surface area contributed by atoms with Crippen LogP contribution in [0.25, 0.3) is 0 Å². The van der Waals surface area contributed by atoms with Crippen LogP contribution in [0.15, 0.2) is 12.1 Å². The van der Waals surface area contributed by atoms with Crippen molar-refractivity contribution in [2.75, 3.05) is 18.2 Å². The van der Waals surface area contributed by atoms with Crippen molar-refractivity contribution in [3.05, 3.63) is 28.4 Å². The summed E-state index contributed by atoms with van der Waals surface area (Å²) in [6, 6.07) is 3.16. The van der Waals surface area contributed by atoms with Crippen molar-refractivity contribution >= 4 is 33.9 Å². The Hall–Kier alpha value is -2.15. The number of thiazole rings is 1. The third kappa shape index (κ3) is 2.32. The Balaban J connectivity index is 1.87. The zero-order valence-electron chi connectivity index (χ0n) is 11.0. The zero-order chi connectivity index (χ0) is 14.1. The standard InChI is InChI=1S/C13H14N4O2S/c1-19-12(18)9-6-5-7(14)11(15-9)17-13-16-8-3-2-4-10(8)20-13/h5-6H,2-4,14H2,1H3,(H,15,16,17). The van der Waals surface area contributed by atoms with Gasteiger partial charge in [-0.05, 0) is 31.4 Å². The third-order valence-electron chi connectivity index (χ3n) is 3.14. The second kappa shape index (κ2) is 5.09. The minimum absolute atomic E-state index is 0.216. The van der Waals surface area contributed by atoms with Gasteiger partial charge < -0.3 is 15.8 Å². The lowest BCUT2D eigenvalue weighted by atomic mass is 10.3. The van der Waals surface area contributed by atoms with Crippen LogP contribution in [0.5, 0.6) is 0 Å². The number of anilines is 3. The van der Waals surface area contributed by atoms with E-state index < -0.39 is 5.97 Å². The Bertz CT molecular complexity index is 647. The quantitative estimate of drug-likeness (QED) is 0.842. The number of pyridine rings is 1. The molecule has 0 spiro atoms. The fraction of sp³-hybridized carbons (Fsp3) is 0.308. The van der Waals surface area contributed by atoms with Crippen LogP contribution >= 0.6 is 11.3 Å². The van der Waals surface area contributed by atoms with Crippen molar-refractivity contribution in [1.29, 1.82) is 0 Å². The molecular weight excluding hydrogens is 276 g/mol. The smallest absolute Gasteiger partial charge is 0.356 e. The van der Waals surface area contributed by atoms with Gasteiger partial charge in [0.1, 0.15) is 0 Å². The number of carbonyl (C=O) groups is 1. The number of fused-ring (bicyclic) bond motifs is 1. The summed E-state index contributed by atoms with van der Waals surface area (Å²) in [5, 5.41) is 3.84. The third-order valence-corrected chi connectivity index (χ3v) is 4.21. The molecule has 0 atom stereocenters. The maximum atomic E-state index is 11.5. The average molecular weight is 290 g/mol. The molecule has 2 aromatic rings. The van der Waals surface area contributed by atoms with E-state index in [1.807, 2.05) is 0 Å². The number of esters is 1. The molecule has 0 aliphatic heterocycles. The Kier molecular flexibility index (Phi) is 3.27. The van der Waals surface area contributed by atoms with E-state index in [9.17, 15) is 4.79 Å². The topological polar surface area (TPSA) is 90.1 Å². The number of hydrogen-bond donors (Lipinski definition) is 2. The molecule has 0 aromatic carbocycles. The number of ether oxygens (including phenoxy) is 1. The van der Waals surface area contributed by atoms with Crippen molar-refractivity contribution in [1.82, 2.24) is 9.97 Å². The number of hydrogen-bond acceptors (Lipinski definition) is 7. The van der Waals surface area contributed by atoms with Gasteiger partial charge in [-0.3, -0.25) is 0 Å². The van der Waals surface area contributed by atoms with Gasteiger partial charge in [-0.2, -0.15) is 0 Å². The van der Waals surface area contributed by atoms with Crippen LogP contribution < -0.4 is 11.1 Å². The van der Waals surface area contributed by atoms with Gasteiger partial charge in [-0.15, -0.1) is 11.3 Å². The Morgan fingerprint density at radius 1 is 1.40 bits per heavy atom. The largest absolute Gasteiger partial charge is 0.464 e. The van der Waals surface area contributed by atoms with E-state index in [0.29, 0.717) is 11.5 Å². The molecule has 0 saturated heterocycles. The number of nitrogen functional groups attached to an aromatic ring is 1. The minimum Gasteiger partial charge on any atom is -0.464 e. The highest BCUT2D eigenvalue weighted by atomic mass is 32.1. The fourth-order valence-corrected chi connectivity index (χ4v) is 3.18. The van der Waals surface area contributed by atoms with Gasteiger partial charge in [0, 0.05) is 4.88 Å². The molecule has 2 heterocycles. The Morgan fingerprint density at radius 3 is 3.00 bits per heavy atom. The molecule has 104 valence electrons. The van der Waals surface area contributed by atoms with Gasteiger partial charge >= 0.3 is 5.97 Å². The van der Waals surface area contributed by atoms with Crippen molar-refractivity contribution < 1.29 is 9.53 Å². The van der Waals surface area contributed by atoms with Crippen LogP contribution in [-0.2, 0) is 17.6 Å². The van der Waals surface area contributed by atoms with Crippen molar-refractivity contribution in [2.24, 2.45) is 0 Å². The molecule has 1 aliphatic carbocycles. The van der Waals surface area contributed by atoms with E-state index in [1.54, 1.807) is 17.4 Å². The number of rotatable bonds is 3. The lowest BCUT2D eigenvalue weighted by molar-refractivity contribution is 0.0594. The summed E-state index contributed by atoms with van der Waals surface area (Å²) in [4.78, 5) is 21.5. The Morgan fingerprint density at radius 2 is 2.25 bits per heavy atom. The normalized spacial score (nSPS) is 13.1. The predicted octanol–water partition coefficient (Wildman–Crippen LogP) is 2.14. The molecule has 7 heteroatoms. The van der Waals surface area contributed by atoms with E-state index in [4.69, 9.17) is 5.73 Å². The number of nitrogens with zero attached hydrogens (tertiary/aromatic N) is 2. The molecule has 0 amide bonds. The SMILES string of the molecule is COC(=O)c1ccc(N)c(Nc2nc3c(s2)CCC3)n1. The zero-order valence-corrected chi connectivity index (χ0v) is 11.8. The molecular formula is C13H14N4O2S. The van der Waals surface area contributed by atoms with E-state index in [1.165, 1.54) is 24.5 Å². The summed E-state index contributed by atoms with van der Waals surface area (Å²) in [7, 11) is 1.32. The van der Waals surface area contributed by atoms with Gasteiger partial charge in [0.05, 0.1) is 18.5 Å². The van der Waals surface area contributed by atoms with Gasteiger partial charge in [0.25, 0.3) is 0 Å². The van der Waals surface area contributed by atoms with Crippen LogP contribution in [0.4, 0.5) is 16.6 Å². The number of aromatic nitrogens is 2. The highest BCUT2D eigenvalue weighted by molar-refractivity contribution is 7.15. The van der Waals surface area contributed by atoms with E-state index >= 15 is 0 Å². The lowest BCUT2D eigenvalue weighted by Gasteiger charge is -2.07. The van der Waals surface area contributed by atoms with Crippen LogP contribution in [0.3, 0.4) is 0 Å². The molecule has 0 fully saturated rings. The number of nitrogens with one attached hydrogen (secondary N) is 1. The van der Waals surface area contributed by atoms with E-state index in [0.717, 1.165) is 23.7 Å².